The third-order valence-corrected chi connectivity index (χ3v) is 5.07. The number of ether oxygens (including phenoxy) is 6. The number of benzene rings is 2. The molecule has 0 saturated heterocycles. The molecule has 3 rings (SSSR count). The van der Waals surface area contributed by atoms with E-state index in [4.69, 9.17) is 28.4 Å². The molecular formula is C23H30O6. The number of methoxy groups -OCH3 is 4. The van der Waals surface area contributed by atoms with Crippen LogP contribution < -0.4 is 14.2 Å². The van der Waals surface area contributed by atoms with Gasteiger partial charge in [-0.2, -0.15) is 0 Å². The van der Waals surface area contributed by atoms with Gasteiger partial charge < -0.3 is 28.4 Å². The number of aryl methyl sites for hydroxylation is 1. The lowest BCUT2D eigenvalue weighted by atomic mass is 9.89. The van der Waals surface area contributed by atoms with Crippen molar-refractivity contribution in [3.63, 3.8) is 0 Å². The summed E-state index contributed by atoms with van der Waals surface area (Å²) in [7, 11) is 6.71. The maximum absolute atomic E-state index is 6.25. The molecule has 0 N–H and O–H groups in total. The molecule has 0 amide bonds. The average Bonchev–Trinajstić information content (AvgIpc) is 2.74. The molecule has 0 saturated carbocycles. The van der Waals surface area contributed by atoms with Gasteiger partial charge in [-0.05, 0) is 37.1 Å². The molecule has 0 aliphatic heterocycles. The molecule has 0 heterocycles. The maximum Gasteiger partial charge on any atom is 0.135 e. The van der Waals surface area contributed by atoms with E-state index in [-0.39, 0.29) is 0 Å². The van der Waals surface area contributed by atoms with Crippen LogP contribution in [0.15, 0.2) is 24.0 Å². The number of rotatable bonds is 10. The van der Waals surface area contributed by atoms with Gasteiger partial charge in [0.1, 0.15) is 30.5 Å². The van der Waals surface area contributed by atoms with Crippen LogP contribution in [0.1, 0.15) is 16.7 Å². The Labute approximate surface area is 172 Å². The Hall–Kier alpha value is -2.44. The summed E-state index contributed by atoms with van der Waals surface area (Å²) < 4.78 is 34.2. The largest absolute Gasteiger partial charge is 0.501 e. The first-order valence-electron chi connectivity index (χ1n) is 9.77. The third kappa shape index (κ3) is 4.43. The van der Waals surface area contributed by atoms with Crippen LogP contribution in [-0.4, -0.2) is 54.9 Å². The topological polar surface area (TPSA) is 55.4 Å². The van der Waals surface area contributed by atoms with E-state index in [1.54, 1.807) is 28.4 Å². The van der Waals surface area contributed by atoms with Gasteiger partial charge in [0.2, 0.25) is 0 Å². The average molecular weight is 402 g/mol. The van der Waals surface area contributed by atoms with Gasteiger partial charge in [-0.1, -0.05) is 0 Å². The third-order valence-electron chi connectivity index (χ3n) is 5.07. The van der Waals surface area contributed by atoms with Crippen molar-refractivity contribution in [2.45, 2.75) is 19.8 Å². The van der Waals surface area contributed by atoms with Crippen molar-refractivity contribution < 1.29 is 28.4 Å². The molecule has 1 aliphatic rings. The molecule has 0 aromatic heterocycles. The second-order valence-electron chi connectivity index (χ2n) is 6.94. The van der Waals surface area contributed by atoms with Crippen LogP contribution in [0.4, 0.5) is 0 Å². The molecule has 0 bridgehead atoms. The number of allylic oxidation sites excluding steroid dienone is 2. The first-order chi connectivity index (χ1) is 14.1. The highest BCUT2D eigenvalue weighted by Crippen LogP contribution is 2.48. The summed E-state index contributed by atoms with van der Waals surface area (Å²) >= 11 is 0. The zero-order valence-corrected chi connectivity index (χ0v) is 17.9. The lowest BCUT2D eigenvalue weighted by Crippen LogP contribution is -2.14. The molecule has 6 heteroatoms. The Morgan fingerprint density at radius 2 is 1.48 bits per heavy atom. The fraction of sp³-hybridized carbons (Fsp3) is 0.478. The standard InChI is InChI=1S/C23H30O6/c1-15-12-19-21(20(13-15)27-5)23(29-11-9-25-3)18-14-16(26-4)6-7-17(18)22(19)28-10-8-24-2/h6,12-13H,7-11,14H2,1-5H3. The lowest BCUT2D eigenvalue weighted by molar-refractivity contribution is 0.144. The summed E-state index contributed by atoms with van der Waals surface area (Å²) in [5.41, 5.74) is 3.29. The smallest absolute Gasteiger partial charge is 0.135 e. The summed E-state index contributed by atoms with van der Waals surface area (Å²) in [5.74, 6) is 3.35. The SMILES string of the molecule is COCCOc1c2c(c(OCCOC)c3c(OC)cc(C)cc13)CC(OC)=CC2. The van der Waals surface area contributed by atoms with Gasteiger partial charge in [-0.25, -0.2) is 0 Å². The highest BCUT2D eigenvalue weighted by molar-refractivity contribution is 6.01. The monoisotopic (exact) mass is 402 g/mol. The van der Waals surface area contributed by atoms with Crippen LogP contribution in [-0.2, 0) is 27.1 Å². The molecule has 1 aliphatic carbocycles. The Balaban J connectivity index is 2.26. The van der Waals surface area contributed by atoms with E-state index in [0.717, 1.165) is 50.5 Å². The lowest BCUT2D eigenvalue weighted by Gasteiger charge is -2.26. The minimum Gasteiger partial charge on any atom is -0.501 e. The Bertz CT molecular complexity index is 887. The summed E-state index contributed by atoms with van der Waals surface area (Å²) in [6.45, 7) is 3.99. The minimum absolute atomic E-state index is 0.449. The van der Waals surface area contributed by atoms with E-state index in [0.29, 0.717) is 39.3 Å². The minimum atomic E-state index is 0.449. The van der Waals surface area contributed by atoms with Gasteiger partial charge in [0.25, 0.3) is 0 Å². The van der Waals surface area contributed by atoms with E-state index in [1.807, 2.05) is 6.07 Å². The van der Waals surface area contributed by atoms with Crippen LogP contribution in [0.25, 0.3) is 10.8 Å². The normalized spacial score (nSPS) is 13.1. The van der Waals surface area contributed by atoms with Crippen molar-refractivity contribution in [2.24, 2.45) is 0 Å². The summed E-state index contributed by atoms with van der Waals surface area (Å²) in [6, 6.07) is 4.14. The number of fused-ring (bicyclic) bond motifs is 2. The van der Waals surface area contributed by atoms with Gasteiger partial charge in [-0.3, -0.25) is 0 Å². The van der Waals surface area contributed by atoms with E-state index in [1.165, 1.54) is 0 Å². The van der Waals surface area contributed by atoms with Crippen LogP contribution in [0.3, 0.4) is 0 Å². The number of hydrogen-bond donors (Lipinski definition) is 0. The fourth-order valence-electron chi connectivity index (χ4n) is 3.71. The zero-order valence-electron chi connectivity index (χ0n) is 17.9. The first kappa shape index (κ1) is 21.3. The summed E-state index contributed by atoms with van der Waals surface area (Å²) in [6.07, 6.45) is 3.46. The van der Waals surface area contributed by atoms with Gasteiger partial charge >= 0.3 is 0 Å². The van der Waals surface area contributed by atoms with Gasteiger partial charge in [-0.15, -0.1) is 0 Å². The van der Waals surface area contributed by atoms with Crippen molar-refractivity contribution in [1.82, 2.24) is 0 Å². The molecule has 0 radical (unpaired) electrons. The molecule has 2 aromatic rings. The quantitative estimate of drug-likeness (QED) is 0.563. The molecule has 158 valence electrons. The summed E-state index contributed by atoms with van der Waals surface area (Å²) in [4.78, 5) is 0. The Morgan fingerprint density at radius 1 is 0.793 bits per heavy atom. The molecule has 0 spiro atoms. The Kier molecular flexibility index (Phi) is 7.23. The van der Waals surface area contributed by atoms with E-state index in [9.17, 15) is 0 Å². The van der Waals surface area contributed by atoms with Crippen molar-refractivity contribution in [1.29, 1.82) is 0 Å². The van der Waals surface area contributed by atoms with Crippen LogP contribution in [0, 0.1) is 6.92 Å². The molecule has 6 nitrogen and oxygen atoms in total. The second-order valence-corrected chi connectivity index (χ2v) is 6.94. The maximum atomic E-state index is 6.25. The number of hydrogen-bond acceptors (Lipinski definition) is 6. The van der Waals surface area contributed by atoms with Crippen molar-refractivity contribution in [2.75, 3.05) is 54.9 Å². The van der Waals surface area contributed by atoms with E-state index in [2.05, 4.69) is 19.1 Å². The van der Waals surface area contributed by atoms with Crippen LogP contribution in [0.5, 0.6) is 17.2 Å². The second kappa shape index (κ2) is 9.85. The van der Waals surface area contributed by atoms with E-state index >= 15 is 0 Å². The van der Waals surface area contributed by atoms with E-state index < -0.39 is 0 Å². The molecule has 0 fully saturated rings. The predicted molar refractivity (Wildman–Crippen MR) is 112 cm³/mol. The summed E-state index contributed by atoms with van der Waals surface area (Å²) in [5, 5.41) is 1.90. The zero-order chi connectivity index (χ0) is 20.8. The first-order valence-corrected chi connectivity index (χ1v) is 9.77. The molecule has 29 heavy (non-hydrogen) atoms. The molecule has 0 atom stereocenters. The van der Waals surface area contributed by atoms with Crippen molar-refractivity contribution in [3.8, 4) is 17.2 Å². The van der Waals surface area contributed by atoms with Crippen LogP contribution in [0.2, 0.25) is 0 Å². The Morgan fingerprint density at radius 3 is 2.10 bits per heavy atom. The highest BCUT2D eigenvalue weighted by atomic mass is 16.5. The molecule has 2 aromatic carbocycles. The van der Waals surface area contributed by atoms with Gasteiger partial charge in [0.15, 0.2) is 0 Å². The van der Waals surface area contributed by atoms with Crippen LogP contribution >= 0.6 is 0 Å². The van der Waals surface area contributed by atoms with Gasteiger partial charge in [0, 0.05) is 37.2 Å². The van der Waals surface area contributed by atoms with Gasteiger partial charge in [0.05, 0.1) is 38.6 Å². The highest BCUT2D eigenvalue weighted by Gasteiger charge is 2.27. The predicted octanol–water partition coefficient (Wildman–Crippen LogP) is 3.84. The van der Waals surface area contributed by atoms with Crippen molar-refractivity contribution >= 4 is 10.8 Å². The fourth-order valence-corrected chi connectivity index (χ4v) is 3.71. The molecule has 0 unspecified atom stereocenters. The van der Waals surface area contributed by atoms with Crippen molar-refractivity contribution in [3.05, 3.63) is 40.7 Å². The molecular weight excluding hydrogens is 372 g/mol.